The number of benzene rings is 2. The number of anilines is 1. The number of nitrogens with one attached hydrogen (secondary N) is 1. The minimum atomic E-state index is 0.781. The Bertz CT molecular complexity index is 678. The van der Waals surface area contributed by atoms with Gasteiger partial charge in [0.2, 0.25) is 0 Å². The van der Waals surface area contributed by atoms with E-state index in [0.29, 0.717) is 0 Å². The van der Waals surface area contributed by atoms with Gasteiger partial charge in [-0.15, -0.1) is 0 Å². The van der Waals surface area contributed by atoms with E-state index in [1.807, 2.05) is 36.4 Å². The van der Waals surface area contributed by atoms with Gasteiger partial charge >= 0.3 is 0 Å². The van der Waals surface area contributed by atoms with E-state index in [1.54, 1.807) is 6.20 Å². The first kappa shape index (κ1) is 12.9. The quantitative estimate of drug-likeness (QED) is 0.753. The Kier molecular flexibility index (Phi) is 3.83. The fourth-order valence-corrected chi connectivity index (χ4v) is 2.41. The lowest BCUT2D eigenvalue weighted by atomic mass is 10.1. The zero-order chi connectivity index (χ0) is 13.8. The molecule has 0 bridgehead atoms. The third-order valence-electron chi connectivity index (χ3n) is 2.99. The molecule has 0 fully saturated rings. The SMILES string of the molecule is Brc1cccc(CNc2ccc(-c3cnco3)cc2)c1. The number of hydrogen-bond donors (Lipinski definition) is 1. The van der Waals surface area contributed by atoms with Gasteiger partial charge in [0.15, 0.2) is 12.2 Å². The lowest BCUT2D eigenvalue weighted by Crippen LogP contribution is -1.98. The molecular formula is C16H13BrN2O. The predicted octanol–water partition coefficient (Wildman–Crippen LogP) is 4.72. The van der Waals surface area contributed by atoms with Crippen molar-refractivity contribution in [1.29, 1.82) is 0 Å². The number of halogens is 1. The van der Waals surface area contributed by atoms with Crippen molar-refractivity contribution in [2.75, 3.05) is 5.32 Å². The fraction of sp³-hybridized carbons (Fsp3) is 0.0625. The Hall–Kier alpha value is -2.07. The van der Waals surface area contributed by atoms with Crippen molar-refractivity contribution in [3.05, 3.63) is 71.2 Å². The first-order valence-electron chi connectivity index (χ1n) is 6.28. The second kappa shape index (κ2) is 5.92. The van der Waals surface area contributed by atoms with Crippen molar-refractivity contribution in [2.45, 2.75) is 6.54 Å². The lowest BCUT2D eigenvalue weighted by Gasteiger charge is -2.07. The molecule has 100 valence electrons. The molecule has 0 spiro atoms. The molecule has 0 unspecified atom stereocenters. The molecule has 0 aliphatic carbocycles. The highest BCUT2D eigenvalue weighted by molar-refractivity contribution is 9.10. The topological polar surface area (TPSA) is 38.1 Å². The van der Waals surface area contributed by atoms with E-state index in [9.17, 15) is 0 Å². The molecule has 1 N–H and O–H groups in total. The van der Waals surface area contributed by atoms with Crippen molar-refractivity contribution in [3.8, 4) is 11.3 Å². The maximum Gasteiger partial charge on any atom is 0.181 e. The summed E-state index contributed by atoms with van der Waals surface area (Å²) in [6, 6.07) is 16.4. The summed E-state index contributed by atoms with van der Waals surface area (Å²) in [5.41, 5.74) is 3.34. The molecule has 0 aliphatic heterocycles. The smallest absolute Gasteiger partial charge is 0.181 e. The van der Waals surface area contributed by atoms with Crippen molar-refractivity contribution in [3.63, 3.8) is 0 Å². The van der Waals surface area contributed by atoms with Crippen molar-refractivity contribution >= 4 is 21.6 Å². The number of oxazole rings is 1. The summed E-state index contributed by atoms with van der Waals surface area (Å²) in [6.45, 7) is 0.793. The number of rotatable bonds is 4. The molecule has 1 aromatic heterocycles. The minimum absolute atomic E-state index is 0.781. The molecule has 1 heterocycles. The van der Waals surface area contributed by atoms with Crippen LogP contribution in [0.5, 0.6) is 0 Å². The van der Waals surface area contributed by atoms with Gasteiger partial charge in [-0.1, -0.05) is 28.1 Å². The molecule has 4 heteroatoms. The normalized spacial score (nSPS) is 10.4. The molecule has 3 nitrogen and oxygen atoms in total. The van der Waals surface area contributed by atoms with Crippen LogP contribution in [-0.4, -0.2) is 4.98 Å². The molecule has 20 heavy (non-hydrogen) atoms. The predicted molar refractivity (Wildman–Crippen MR) is 83.4 cm³/mol. The van der Waals surface area contributed by atoms with E-state index in [1.165, 1.54) is 12.0 Å². The highest BCUT2D eigenvalue weighted by Gasteiger charge is 2.01. The van der Waals surface area contributed by atoms with Gasteiger partial charge in [0.05, 0.1) is 6.20 Å². The second-order valence-electron chi connectivity index (χ2n) is 4.43. The van der Waals surface area contributed by atoms with E-state index in [2.05, 4.69) is 38.4 Å². The van der Waals surface area contributed by atoms with E-state index >= 15 is 0 Å². The third kappa shape index (κ3) is 3.08. The highest BCUT2D eigenvalue weighted by Crippen LogP contribution is 2.21. The van der Waals surface area contributed by atoms with Crippen molar-refractivity contribution < 1.29 is 4.42 Å². The van der Waals surface area contributed by atoms with Gasteiger partial charge < -0.3 is 9.73 Å². The van der Waals surface area contributed by atoms with E-state index in [4.69, 9.17) is 4.42 Å². The molecular weight excluding hydrogens is 316 g/mol. The molecule has 3 rings (SSSR count). The summed E-state index contributed by atoms with van der Waals surface area (Å²) in [7, 11) is 0. The summed E-state index contributed by atoms with van der Waals surface area (Å²) >= 11 is 3.48. The summed E-state index contributed by atoms with van der Waals surface area (Å²) in [4.78, 5) is 3.92. The fourth-order valence-electron chi connectivity index (χ4n) is 1.96. The van der Waals surface area contributed by atoms with Gasteiger partial charge in [-0.2, -0.15) is 0 Å². The largest absolute Gasteiger partial charge is 0.444 e. The number of aromatic nitrogens is 1. The van der Waals surface area contributed by atoms with Gasteiger partial charge in [-0.25, -0.2) is 4.98 Å². The van der Waals surface area contributed by atoms with E-state index in [-0.39, 0.29) is 0 Å². The Morgan fingerprint density at radius 1 is 1.10 bits per heavy atom. The minimum Gasteiger partial charge on any atom is -0.444 e. The first-order chi connectivity index (χ1) is 9.81. The molecule has 0 saturated heterocycles. The molecule has 0 amide bonds. The second-order valence-corrected chi connectivity index (χ2v) is 5.34. The van der Waals surface area contributed by atoms with Crippen molar-refractivity contribution in [2.24, 2.45) is 0 Å². The first-order valence-corrected chi connectivity index (χ1v) is 7.08. The Morgan fingerprint density at radius 2 is 1.95 bits per heavy atom. The average Bonchev–Trinajstić information content (AvgIpc) is 3.00. The summed E-state index contributed by atoms with van der Waals surface area (Å²) in [5, 5.41) is 3.39. The number of hydrogen-bond acceptors (Lipinski definition) is 3. The molecule has 0 atom stereocenters. The Balaban J connectivity index is 1.67. The summed E-state index contributed by atoms with van der Waals surface area (Å²) < 4.78 is 6.36. The molecule has 0 radical (unpaired) electrons. The van der Waals surface area contributed by atoms with E-state index < -0.39 is 0 Å². The average molecular weight is 329 g/mol. The van der Waals surface area contributed by atoms with E-state index in [0.717, 1.165) is 28.0 Å². The third-order valence-corrected chi connectivity index (χ3v) is 3.48. The zero-order valence-electron chi connectivity index (χ0n) is 10.7. The van der Waals surface area contributed by atoms with Crippen LogP contribution in [0.2, 0.25) is 0 Å². The van der Waals surface area contributed by atoms with Gasteiger partial charge in [-0.05, 0) is 42.0 Å². The van der Waals surface area contributed by atoms with Crippen molar-refractivity contribution in [1.82, 2.24) is 4.98 Å². The van der Waals surface area contributed by atoms with Crippen LogP contribution in [-0.2, 0) is 6.54 Å². The van der Waals surface area contributed by atoms with Crippen LogP contribution in [0.15, 0.2) is 70.0 Å². The molecule has 3 aromatic rings. The van der Waals surface area contributed by atoms with Crippen LogP contribution < -0.4 is 5.32 Å². The summed E-state index contributed by atoms with van der Waals surface area (Å²) in [6.07, 6.45) is 3.15. The van der Waals surface area contributed by atoms with Gasteiger partial charge in [0, 0.05) is 22.3 Å². The van der Waals surface area contributed by atoms with Crippen LogP contribution in [0.25, 0.3) is 11.3 Å². The Morgan fingerprint density at radius 3 is 2.65 bits per heavy atom. The maximum absolute atomic E-state index is 5.27. The van der Waals surface area contributed by atoms with Crippen LogP contribution in [0.3, 0.4) is 0 Å². The summed E-state index contributed by atoms with van der Waals surface area (Å²) in [5.74, 6) is 0.781. The zero-order valence-corrected chi connectivity index (χ0v) is 12.3. The van der Waals surface area contributed by atoms with Crippen LogP contribution in [0.1, 0.15) is 5.56 Å². The maximum atomic E-state index is 5.27. The molecule has 0 aliphatic rings. The lowest BCUT2D eigenvalue weighted by molar-refractivity contribution is 0.572. The monoisotopic (exact) mass is 328 g/mol. The van der Waals surface area contributed by atoms with Crippen LogP contribution >= 0.6 is 15.9 Å². The van der Waals surface area contributed by atoms with Gasteiger partial charge in [-0.3, -0.25) is 0 Å². The molecule has 0 saturated carbocycles. The Labute approximate surface area is 125 Å². The number of nitrogens with zero attached hydrogens (tertiary/aromatic N) is 1. The molecule has 2 aromatic carbocycles. The standard InChI is InChI=1S/C16H13BrN2O/c17-14-3-1-2-12(8-14)9-19-15-6-4-13(5-7-15)16-10-18-11-20-16/h1-8,10-11,19H,9H2. The van der Waals surface area contributed by atoms with Gasteiger partial charge in [0.25, 0.3) is 0 Å². The van der Waals surface area contributed by atoms with Crippen LogP contribution in [0, 0.1) is 0 Å². The highest BCUT2D eigenvalue weighted by atomic mass is 79.9. The van der Waals surface area contributed by atoms with Gasteiger partial charge in [0.1, 0.15) is 0 Å². The van der Waals surface area contributed by atoms with Crippen LogP contribution in [0.4, 0.5) is 5.69 Å².